The Morgan fingerprint density at radius 2 is 1.94 bits per heavy atom. The highest BCUT2D eigenvalue weighted by Crippen LogP contribution is 2.38. The Bertz CT molecular complexity index is 1350. The number of para-hydroxylation sites is 1. The van der Waals surface area contributed by atoms with Crippen molar-refractivity contribution < 1.29 is 9.53 Å². The van der Waals surface area contributed by atoms with Crippen LogP contribution in [0, 0.1) is 6.92 Å². The molecular weight excluding hydrogens is 466 g/mol. The molecule has 2 aromatic carbocycles. The van der Waals surface area contributed by atoms with Crippen LogP contribution in [-0.2, 0) is 12.8 Å². The smallest absolute Gasteiger partial charge is 0.259 e. The van der Waals surface area contributed by atoms with Gasteiger partial charge in [0.15, 0.2) is 5.13 Å². The van der Waals surface area contributed by atoms with Crippen LogP contribution in [0.2, 0.25) is 5.02 Å². The van der Waals surface area contributed by atoms with Crippen LogP contribution in [0.15, 0.2) is 60.8 Å². The van der Waals surface area contributed by atoms with Crippen LogP contribution in [0.4, 0.5) is 5.13 Å². The lowest BCUT2D eigenvalue weighted by Gasteiger charge is -2.21. The van der Waals surface area contributed by atoms with Crippen LogP contribution in [0.5, 0.6) is 5.75 Å². The number of aromatic nitrogens is 2. The molecule has 1 aliphatic rings. The maximum absolute atomic E-state index is 13.3. The molecule has 1 atom stereocenters. The second kappa shape index (κ2) is 9.57. The summed E-state index contributed by atoms with van der Waals surface area (Å²) in [5.74, 6) is 0.918. The number of amides is 1. The third-order valence-corrected chi connectivity index (χ3v) is 7.47. The third-order valence-electron chi connectivity index (χ3n) is 6.18. The third kappa shape index (κ3) is 4.56. The Morgan fingerprint density at radius 3 is 2.74 bits per heavy atom. The first-order chi connectivity index (χ1) is 16.5. The van der Waals surface area contributed by atoms with E-state index in [-0.39, 0.29) is 5.91 Å². The summed E-state index contributed by atoms with van der Waals surface area (Å²) >= 11 is 7.61. The Kier molecular flexibility index (Phi) is 6.35. The normalized spacial score (nSPS) is 15.0. The van der Waals surface area contributed by atoms with Gasteiger partial charge in [-0.05, 0) is 61.9 Å². The zero-order valence-corrected chi connectivity index (χ0v) is 20.5. The molecule has 0 saturated carbocycles. The zero-order valence-electron chi connectivity index (χ0n) is 19.0. The lowest BCUT2D eigenvalue weighted by molar-refractivity contribution is 0.102. The molecule has 172 valence electrons. The van der Waals surface area contributed by atoms with Crippen molar-refractivity contribution in [3.05, 3.63) is 93.2 Å². The molecule has 5 nitrogen and oxygen atoms in total. The van der Waals surface area contributed by atoms with Crippen molar-refractivity contribution in [2.24, 2.45) is 0 Å². The predicted octanol–water partition coefficient (Wildman–Crippen LogP) is 6.70. The monoisotopic (exact) mass is 489 g/mol. The first-order valence-corrected chi connectivity index (χ1v) is 12.4. The molecule has 2 heterocycles. The summed E-state index contributed by atoms with van der Waals surface area (Å²) in [7, 11) is 1.63. The highest BCUT2D eigenvalue weighted by molar-refractivity contribution is 7.15. The number of hydrogen-bond acceptors (Lipinski definition) is 5. The minimum atomic E-state index is -0.228. The molecule has 34 heavy (non-hydrogen) atoms. The highest BCUT2D eigenvalue weighted by atomic mass is 35.5. The number of rotatable bonds is 5. The first-order valence-electron chi connectivity index (χ1n) is 11.2. The molecule has 0 spiro atoms. The molecule has 1 unspecified atom stereocenters. The summed E-state index contributed by atoms with van der Waals surface area (Å²) in [6.45, 7) is 1.91. The van der Waals surface area contributed by atoms with Gasteiger partial charge in [0.05, 0.1) is 18.4 Å². The summed E-state index contributed by atoms with van der Waals surface area (Å²) < 4.78 is 5.53. The summed E-state index contributed by atoms with van der Waals surface area (Å²) in [6.07, 6.45) is 4.47. The molecule has 1 aliphatic carbocycles. The van der Waals surface area contributed by atoms with Crippen molar-refractivity contribution in [1.82, 2.24) is 9.97 Å². The van der Waals surface area contributed by atoms with Crippen LogP contribution in [0.25, 0.3) is 11.1 Å². The van der Waals surface area contributed by atoms with Gasteiger partial charge in [-0.25, -0.2) is 4.98 Å². The highest BCUT2D eigenvalue weighted by Gasteiger charge is 2.25. The van der Waals surface area contributed by atoms with E-state index in [4.69, 9.17) is 21.3 Å². The zero-order chi connectivity index (χ0) is 23.7. The molecule has 0 fully saturated rings. The second-order valence-corrected chi connectivity index (χ2v) is 9.93. The number of aryl methyl sites for hydroxylation is 2. The fourth-order valence-corrected chi connectivity index (χ4v) is 5.65. The van der Waals surface area contributed by atoms with E-state index in [1.807, 2.05) is 49.4 Å². The number of methoxy groups -OCH3 is 1. The number of anilines is 1. The number of carbonyl (C=O) groups is 1. The predicted molar refractivity (Wildman–Crippen MR) is 137 cm³/mol. The van der Waals surface area contributed by atoms with E-state index in [0.717, 1.165) is 46.8 Å². The minimum absolute atomic E-state index is 0.228. The van der Waals surface area contributed by atoms with E-state index in [1.54, 1.807) is 24.6 Å². The van der Waals surface area contributed by atoms with Gasteiger partial charge in [0, 0.05) is 32.9 Å². The number of hydrogen-bond donors (Lipinski definition) is 1. The SMILES string of the molecule is COc1ccccc1-c1cc(C)ncc1C(=O)Nc1nc2c(s1)CC(c1ccc(Cl)cc1)CC2. The fraction of sp³-hybridized carbons (Fsp3) is 0.222. The molecule has 4 aromatic rings. The van der Waals surface area contributed by atoms with Crippen molar-refractivity contribution >= 4 is 34.0 Å². The number of carbonyl (C=O) groups excluding carboxylic acids is 1. The van der Waals surface area contributed by atoms with E-state index in [2.05, 4.69) is 22.4 Å². The molecule has 2 aromatic heterocycles. The van der Waals surface area contributed by atoms with E-state index >= 15 is 0 Å². The molecule has 1 N–H and O–H groups in total. The number of nitrogens with zero attached hydrogens (tertiary/aromatic N) is 2. The van der Waals surface area contributed by atoms with E-state index in [9.17, 15) is 4.79 Å². The van der Waals surface area contributed by atoms with Crippen molar-refractivity contribution in [1.29, 1.82) is 0 Å². The van der Waals surface area contributed by atoms with Gasteiger partial charge in [0.1, 0.15) is 5.75 Å². The number of nitrogens with one attached hydrogen (secondary N) is 1. The van der Waals surface area contributed by atoms with Gasteiger partial charge in [0.25, 0.3) is 5.91 Å². The molecule has 1 amide bonds. The first kappa shape index (κ1) is 22.6. The lowest BCUT2D eigenvalue weighted by Crippen LogP contribution is -2.14. The summed E-state index contributed by atoms with van der Waals surface area (Å²) in [4.78, 5) is 23.6. The fourth-order valence-electron chi connectivity index (χ4n) is 4.44. The average molecular weight is 490 g/mol. The number of ether oxygens (including phenoxy) is 1. The average Bonchev–Trinajstić information content (AvgIpc) is 3.25. The summed E-state index contributed by atoms with van der Waals surface area (Å²) in [6, 6.07) is 17.7. The molecule has 0 radical (unpaired) electrons. The molecule has 0 saturated heterocycles. The standard InChI is InChI=1S/C27H24ClN3O2S/c1-16-13-21(20-5-3-4-6-24(20)33-2)22(15-29-16)26(32)31-27-30-23-12-9-18(14-25(23)34-27)17-7-10-19(28)11-8-17/h3-8,10-11,13,15,18H,9,12,14H2,1-2H3,(H,30,31,32). The number of benzene rings is 2. The van der Waals surface area contributed by atoms with Crippen LogP contribution >= 0.6 is 22.9 Å². The van der Waals surface area contributed by atoms with Gasteiger partial charge in [-0.2, -0.15) is 0 Å². The largest absolute Gasteiger partial charge is 0.496 e. The van der Waals surface area contributed by atoms with Crippen molar-refractivity contribution in [2.75, 3.05) is 12.4 Å². The maximum Gasteiger partial charge on any atom is 0.259 e. The van der Waals surface area contributed by atoms with Crippen molar-refractivity contribution in [3.63, 3.8) is 0 Å². The van der Waals surface area contributed by atoms with Crippen LogP contribution in [0.3, 0.4) is 0 Å². The molecule has 0 bridgehead atoms. The Labute approximate surface area is 207 Å². The molecular formula is C27H24ClN3O2S. The Hall–Kier alpha value is -3.22. The number of thiazole rings is 1. The van der Waals surface area contributed by atoms with Gasteiger partial charge in [-0.1, -0.05) is 41.9 Å². The lowest BCUT2D eigenvalue weighted by atomic mass is 9.85. The van der Waals surface area contributed by atoms with Gasteiger partial charge in [-0.3, -0.25) is 15.1 Å². The number of fused-ring (bicyclic) bond motifs is 1. The summed E-state index contributed by atoms with van der Waals surface area (Å²) in [5.41, 5.74) is 5.33. The van der Waals surface area contributed by atoms with Gasteiger partial charge in [0.2, 0.25) is 0 Å². The quantitative estimate of drug-likeness (QED) is 0.338. The second-order valence-electron chi connectivity index (χ2n) is 8.41. The molecule has 0 aliphatic heterocycles. The van der Waals surface area contributed by atoms with Crippen LogP contribution < -0.4 is 10.1 Å². The minimum Gasteiger partial charge on any atom is -0.496 e. The van der Waals surface area contributed by atoms with Gasteiger partial charge >= 0.3 is 0 Å². The molecule has 7 heteroatoms. The Balaban J connectivity index is 1.39. The van der Waals surface area contributed by atoms with E-state index < -0.39 is 0 Å². The maximum atomic E-state index is 13.3. The Morgan fingerprint density at radius 1 is 1.15 bits per heavy atom. The van der Waals surface area contributed by atoms with Crippen LogP contribution in [-0.4, -0.2) is 23.0 Å². The van der Waals surface area contributed by atoms with Gasteiger partial charge < -0.3 is 4.74 Å². The van der Waals surface area contributed by atoms with Crippen molar-refractivity contribution in [3.8, 4) is 16.9 Å². The number of pyridine rings is 1. The summed E-state index contributed by atoms with van der Waals surface area (Å²) in [5, 5.41) is 4.39. The van der Waals surface area contributed by atoms with Crippen molar-refractivity contribution in [2.45, 2.75) is 32.1 Å². The topological polar surface area (TPSA) is 64.1 Å². The van der Waals surface area contributed by atoms with E-state index in [1.165, 1.54) is 10.4 Å². The van der Waals surface area contributed by atoms with Crippen LogP contribution in [0.1, 0.15) is 44.5 Å². The van der Waals surface area contributed by atoms with E-state index in [0.29, 0.717) is 22.4 Å². The van der Waals surface area contributed by atoms with Gasteiger partial charge in [-0.15, -0.1) is 11.3 Å². The molecule has 5 rings (SSSR count). The number of halogens is 1.